The minimum Gasteiger partial charge on any atom is -0.317 e. The summed E-state index contributed by atoms with van der Waals surface area (Å²) in [5.74, 6) is 0. The van der Waals surface area contributed by atoms with Gasteiger partial charge in [-0.25, -0.2) is 9.50 Å². The summed E-state index contributed by atoms with van der Waals surface area (Å²) in [6.45, 7) is 4.27. The molecule has 5 rings (SSSR count). The molecule has 0 bridgehead atoms. The van der Waals surface area contributed by atoms with E-state index in [0.717, 1.165) is 21.9 Å². The van der Waals surface area contributed by atoms with Gasteiger partial charge in [0.2, 0.25) is 0 Å². The summed E-state index contributed by atoms with van der Waals surface area (Å²) >= 11 is 3.43. The third-order valence-electron chi connectivity index (χ3n) is 4.52. The summed E-state index contributed by atoms with van der Waals surface area (Å²) in [5.41, 5.74) is 6.52. The zero-order chi connectivity index (χ0) is 17.7. The molecular weight excluding hydrogens is 360 g/mol. The first-order valence-electron chi connectivity index (χ1n) is 8.34. The number of thiophene rings is 2. The molecule has 0 saturated carbocycles. The molecule has 5 heterocycles. The van der Waals surface area contributed by atoms with Crippen LogP contribution in [0.1, 0.15) is 11.4 Å². The van der Waals surface area contributed by atoms with Crippen LogP contribution in [0.25, 0.3) is 32.5 Å². The van der Waals surface area contributed by atoms with Crippen LogP contribution in [0.3, 0.4) is 0 Å². The molecule has 0 radical (unpaired) electrons. The van der Waals surface area contributed by atoms with Crippen LogP contribution in [0.5, 0.6) is 0 Å². The van der Waals surface area contributed by atoms with Crippen molar-refractivity contribution < 1.29 is 0 Å². The van der Waals surface area contributed by atoms with Crippen LogP contribution < -0.4 is 0 Å². The van der Waals surface area contributed by atoms with Crippen molar-refractivity contribution in [1.82, 2.24) is 19.2 Å². The van der Waals surface area contributed by atoms with Crippen LogP contribution in [-0.4, -0.2) is 19.2 Å². The van der Waals surface area contributed by atoms with Gasteiger partial charge in [0.1, 0.15) is 5.69 Å². The molecule has 0 spiro atoms. The van der Waals surface area contributed by atoms with E-state index < -0.39 is 0 Å². The van der Waals surface area contributed by atoms with Crippen LogP contribution >= 0.6 is 22.7 Å². The van der Waals surface area contributed by atoms with Crippen molar-refractivity contribution in [3.8, 4) is 26.8 Å². The largest absolute Gasteiger partial charge is 0.317 e. The molecule has 0 aliphatic carbocycles. The highest BCUT2D eigenvalue weighted by atomic mass is 32.1. The third kappa shape index (κ3) is 2.34. The van der Waals surface area contributed by atoms with Gasteiger partial charge in [-0.15, -0.1) is 22.7 Å². The van der Waals surface area contributed by atoms with E-state index in [1.807, 2.05) is 16.8 Å². The lowest BCUT2D eigenvalue weighted by Gasteiger charge is -2.09. The smallest absolute Gasteiger partial charge is 0.156 e. The molecule has 26 heavy (non-hydrogen) atoms. The van der Waals surface area contributed by atoms with Gasteiger partial charge in [0.15, 0.2) is 5.65 Å². The Labute approximate surface area is 159 Å². The molecule has 0 aromatic carbocycles. The molecule has 0 unspecified atom stereocenters. The Morgan fingerprint density at radius 1 is 0.923 bits per heavy atom. The number of nitrogens with zero attached hydrogens (tertiary/aromatic N) is 4. The minimum atomic E-state index is 0.867. The SMILES string of the molecule is Cc1ccc(C)n1-c1ccsc1-c1cc2nccc(-c3cccs3)n2n1. The predicted octanol–water partition coefficient (Wildman–Crippen LogP) is 5.59. The lowest BCUT2D eigenvalue weighted by atomic mass is 10.3. The molecule has 6 heteroatoms. The molecule has 0 aliphatic heterocycles. The Hall–Kier alpha value is -2.70. The fourth-order valence-electron chi connectivity index (χ4n) is 3.34. The van der Waals surface area contributed by atoms with Gasteiger partial charge in [-0.2, -0.15) is 5.10 Å². The second-order valence-corrected chi connectivity index (χ2v) is 8.06. The molecule has 0 atom stereocenters. The summed E-state index contributed by atoms with van der Waals surface area (Å²) in [4.78, 5) is 6.87. The van der Waals surface area contributed by atoms with Gasteiger partial charge in [0.05, 0.1) is 21.1 Å². The van der Waals surface area contributed by atoms with Crippen molar-refractivity contribution in [2.24, 2.45) is 0 Å². The molecular formula is C20H16N4S2. The summed E-state index contributed by atoms with van der Waals surface area (Å²) in [7, 11) is 0. The maximum Gasteiger partial charge on any atom is 0.156 e. The fraction of sp³-hybridized carbons (Fsp3) is 0.100. The first-order valence-corrected chi connectivity index (χ1v) is 10.1. The molecule has 4 nitrogen and oxygen atoms in total. The Morgan fingerprint density at radius 3 is 2.54 bits per heavy atom. The Bertz CT molecular complexity index is 1190. The number of hydrogen-bond acceptors (Lipinski definition) is 4. The van der Waals surface area contributed by atoms with E-state index in [2.05, 4.69) is 70.6 Å². The predicted molar refractivity (Wildman–Crippen MR) is 108 cm³/mol. The normalized spacial score (nSPS) is 11.5. The Morgan fingerprint density at radius 2 is 1.77 bits per heavy atom. The van der Waals surface area contributed by atoms with Crippen molar-refractivity contribution >= 4 is 28.3 Å². The fourth-order valence-corrected chi connectivity index (χ4v) is 4.91. The third-order valence-corrected chi connectivity index (χ3v) is 6.34. The standard InChI is InChI=1S/C20H16N4S2/c1-13-5-6-14(2)23(13)17-8-11-26-20(17)15-12-19-21-9-7-16(24(19)22-15)18-4-3-10-25-18/h3-12H,1-2H3. The number of rotatable bonds is 3. The lowest BCUT2D eigenvalue weighted by Crippen LogP contribution is -1.99. The van der Waals surface area contributed by atoms with Gasteiger partial charge in [-0.05, 0) is 54.9 Å². The van der Waals surface area contributed by atoms with Crippen molar-refractivity contribution in [3.63, 3.8) is 0 Å². The zero-order valence-electron chi connectivity index (χ0n) is 14.4. The van der Waals surface area contributed by atoms with Crippen LogP contribution in [0.15, 0.2) is 59.4 Å². The van der Waals surface area contributed by atoms with Gasteiger partial charge >= 0.3 is 0 Å². The van der Waals surface area contributed by atoms with E-state index >= 15 is 0 Å². The van der Waals surface area contributed by atoms with E-state index in [0.29, 0.717) is 0 Å². The maximum absolute atomic E-state index is 4.90. The van der Waals surface area contributed by atoms with Crippen LogP contribution in [0.2, 0.25) is 0 Å². The second-order valence-electron chi connectivity index (χ2n) is 6.19. The van der Waals surface area contributed by atoms with Gasteiger partial charge in [-0.1, -0.05) is 6.07 Å². The summed E-state index contributed by atoms with van der Waals surface area (Å²) in [6, 6.07) is 14.7. The first kappa shape index (κ1) is 15.5. The van der Waals surface area contributed by atoms with Crippen molar-refractivity contribution in [3.05, 3.63) is 70.8 Å². The summed E-state index contributed by atoms with van der Waals surface area (Å²) in [6.07, 6.45) is 1.85. The van der Waals surface area contributed by atoms with Gasteiger partial charge in [-0.3, -0.25) is 0 Å². The summed E-state index contributed by atoms with van der Waals surface area (Å²) < 4.78 is 4.23. The van der Waals surface area contributed by atoms with Crippen molar-refractivity contribution in [2.45, 2.75) is 13.8 Å². The highest BCUT2D eigenvalue weighted by Crippen LogP contribution is 2.34. The number of aromatic nitrogens is 4. The van der Waals surface area contributed by atoms with Crippen LogP contribution in [-0.2, 0) is 0 Å². The van der Waals surface area contributed by atoms with Crippen molar-refractivity contribution in [2.75, 3.05) is 0 Å². The minimum absolute atomic E-state index is 0.867. The average molecular weight is 377 g/mol. The molecule has 0 amide bonds. The van der Waals surface area contributed by atoms with Crippen LogP contribution in [0.4, 0.5) is 0 Å². The lowest BCUT2D eigenvalue weighted by molar-refractivity contribution is 0.948. The number of hydrogen-bond donors (Lipinski definition) is 0. The monoisotopic (exact) mass is 376 g/mol. The Balaban J connectivity index is 1.71. The molecule has 5 aromatic rings. The number of aryl methyl sites for hydroxylation is 2. The zero-order valence-corrected chi connectivity index (χ0v) is 16.0. The molecule has 0 N–H and O–H groups in total. The van der Waals surface area contributed by atoms with Gasteiger partial charge in [0.25, 0.3) is 0 Å². The molecule has 128 valence electrons. The maximum atomic E-state index is 4.90. The quantitative estimate of drug-likeness (QED) is 0.411. The molecule has 0 fully saturated rings. The van der Waals surface area contributed by atoms with Crippen molar-refractivity contribution in [1.29, 1.82) is 0 Å². The van der Waals surface area contributed by atoms with E-state index in [-0.39, 0.29) is 0 Å². The molecule has 5 aromatic heterocycles. The van der Waals surface area contributed by atoms with Gasteiger partial charge in [0, 0.05) is 23.7 Å². The first-order chi connectivity index (χ1) is 12.7. The number of fused-ring (bicyclic) bond motifs is 1. The van der Waals surface area contributed by atoms with E-state index in [4.69, 9.17) is 5.10 Å². The van der Waals surface area contributed by atoms with E-state index in [1.54, 1.807) is 22.7 Å². The van der Waals surface area contributed by atoms with Crippen LogP contribution in [0, 0.1) is 13.8 Å². The highest BCUT2D eigenvalue weighted by Gasteiger charge is 2.16. The van der Waals surface area contributed by atoms with E-state index in [1.165, 1.54) is 22.0 Å². The van der Waals surface area contributed by atoms with E-state index in [9.17, 15) is 0 Å². The second kappa shape index (κ2) is 5.93. The molecule has 0 saturated heterocycles. The topological polar surface area (TPSA) is 35.1 Å². The average Bonchev–Trinajstić information content (AvgIpc) is 3.41. The Kier molecular flexibility index (Phi) is 3.55. The summed E-state index contributed by atoms with van der Waals surface area (Å²) in [5, 5.41) is 9.11. The molecule has 0 aliphatic rings. The van der Waals surface area contributed by atoms with Gasteiger partial charge < -0.3 is 4.57 Å². The highest BCUT2D eigenvalue weighted by molar-refractivity contribution is 7.14.